The molecule has 88 valence electrons. The van der Waals surface area contributed by atoms with E-state index in [-0.39, 0.29) is 17.5 Å². The van der Waals surface area contributed by atoms with Crippen molar-refractivity contribution in [2.24, 2.45) is 0 Å². The zero-order valence-electron chi connectivity index (χ0n) is 9.69. The maximum absolute atomic E-state index is 11.9. The summed E-state index contributed by atoms with van der Waals surface area (Å²) in [5.74, 6) is 0.00905. The average molecular weight is 227 g/mol. The molecule has 0 fully saturated rings. The molecule has 0 saturated heterocycles. The fraction of sp³-hybridized carbons (Fsp3) is 0.267. The second-order valence-electron chi connectivity index (χ2n) is 4.33. The van der Waals surface area contributed by atoms with E-state index in [0.29, 0.717) is 24.8 Å². The fourth-order valence-electron chi connectivity index (χ4n) is 2.25. The molecule has 2 rings (SSSR count). The monoisotopic (exact) mass is 227 g/mol. The Balaban J connectivity index is 2.23. The van der Waals surface area contributed by atoms with Crippen molar-refractivity contribution < 1.29 is 9.90 Å². The van der Waals surface area contributed by atoms with E-state index in [1.165, 1.54) is 0 Å². The summed E-state index contributed by atoms with van der Waals surface area (Å²) >= 11 is 0. The molecule has 1 aromatic carbocycles. The topological polar surface area (TPSA) is 40.1 Å². The smallest absolute Gasteiger partial charge is 0.158 e. The fourth-order valence-corrected chi connectivity index (χ4v) is 2.25. The van der Waals surface area contributed by atoms with E-state index in [4.69, 9.17) is 0 Å². The third-order valence-electron chi connectivity index (χ3n) is 3.16. The van der Waals surface area contributed by atoms with Gasteiger partial charge >= 0.3 is 0 Å². The Morgan fingerprint density at radius 2 is 2.00 bits per heavy atom. The molecule has 0 aliphatic heterocycles. The van der Waals surface area contributed by atoms with E-state index in [2.05, 4.69) is 6.58 Å². The predicted octanol–water partition coefficient (Wildman–Crippen LogP) is 2.32. The summed E-state index contributed by atoms with van der Waals surface area (Å²) in [6.07, 6.45) is 2.91. The number of carbonyl (C=O) groups excluding carboxylic acids is 1. The molecule has 0 bridgehead atoms. The highest BCUT2D eigenvalue weighted by atomic mass is 16.3. The first-order chi connectivity index (χ1) is 8.22. The van der Waals surface area contributed by atoms with Crippen molar-refractivity contribution in [2.75, 3.05) is 0 Å². The van der Waals surface area contributed by atoms with Crippen LogP contribution in [0.25, 0.3) is 0 Å². The van der Waals surface area contributed by atoms with Crippen LogP contribution in [0, 0.1) is 0 Å². The Kier molecular flexibility index (Phi) is 3.43. The van der Waals surface area contributed by atoms with Gasteiger partial charge in [-0.1, -0.05) is 36.4 Å². The van der Waals surface area contributed by atoms with Gasteiger partial charge in [0.15, 0.2) is 5.78 Å². The molecule has 0 amide bonds. The third kappa shape index (κ3) is 2.47. The lowest BCUT2D eigenvalue weighted by Gasteiger charge is -2.29. The van der Waals surface area contributed by atoms with Gasteiger partial charge in [-0.25, -0.2) is 0 Å². The summed E-state index contributed by atoms with van der Waals surface area (Å²) < 4.78 is 0. The number of benzene rings is 1. The lowest BCUT2D eigenvalue weighted by Crippen LogP contribution is -2.23. The van der Waals surface area contributed by atoms with Gasteiger partial charge in [-0.2, -0.15) is 0 Å². The van der Waals surface area contributed by atoms with Gasteiger partial charge in [-0.05, 0) is 29.9 Å². The largest absolute Gasteiger partial charge is 0.875 e. The zero-order chi connectivity index (χ0) is 12.3. The van der Waals surface area contributed by atoms with E-state index >= 15 is 0 Å². The van der Waals surface area contributed by atoms with E-state index in [1.54, 1.807) is 6.08 Å². The van der Waals surface area contributed by atoms with Gasteiger partial charge in [0.05, 0.1) is 0 Å². The van der Waals surface area contributed by atoms with E-state index in [0.717, 1.165) is 5.56 Å². The van der Waals surface area contributed by atoms with Crippen molar-refractivity contribution in [3.8, 4) is 0 Å². The van der Waals surface area contributed by atoms with Gasteiger partial charge in [0.1, 0.15) is 0 Å². The van der Waals surface area contributed by atoms with Gasteiger partial charge in [-0.3, -0.25) is 4.79 Å². The average Bonchev–Trinajstić information content (AvgIpc) is 2.35. The van der Waals surface area contributed by atoms with Crippen LogP contribution >= 0.6 is 0 Å². The number of carbonyl (C=O) groups is 1. The van der Waals surface area contributed by atoms with Crippen LogP contribution in [0.3, 0.4) is 0 Å². The summed E-state index contributed by atoms with van der Waals surface area (Å²) in [6.45, 7) is 3.58. The molecule has 1 atom stereocenters. The predicted molar refractivity (Wildman–Crippen MR) is 65.3 cm³/mol. The second-order valence-corrected chi connectivity index (χ2v) is 4.33. The van der Waals surface area contributed by atoms with Crippen LogP contribution in [0.2, 0.25) is 0 Å². The molecular weight excluding hydrogens is 212 g/mol. The number of hydrogen-bond acceptors (Lipinski definition) is 2. The molecule has 0 aromatic heterocycles. The molecule has 1 aliphatic carbocycles. The molecular formula is C15H15O2-. The molecule has 1 aliphatic rings. The maximum atomic E-state index is 11.9. The number of rotatable bonds is 3. The molecule has 17 heavy (non-hydrogen) atoms. The first-order valence-corrected chi connectivity index (χ1v) is 5.80. The van der Waals surface area contributed by atoms with E-state index < -0.39 is 0 Å². The van der Waals surface area contributed by atoms with Crippen LogP contribution < -0.4 is 5.11 Å². The second kappa shape index (κ2) is 5.00. The zero-order valence-corrected chi connectivity index (χ0v) is 9.69. The summed E-state index contributed by atoms with van der Waals surface area (Å²) in [5, 5.41) is 11.9. The summed E-state index contributed by atoms with van der Waals surface area (Å²) in [6, 6.07) is 9.76. The molecule has 0 heterocycles. The number of hydrogen-bond donors (Lipinski definition) is 0. The summed E-state index contributed by atoms with van der Waals surface area (Å²) in [4.78, 5) is 11.9. The Morgan fingerprint density at radius 3 is 2.59 bits per heavy atom. The number of allylic oxidation sites excluding steroid dienone is 3. The van der Waals surface area contributed by atoms with Crippen molar-refractivity contribution in [1.82, 2.24) is 0 Å². The number of ketones is 1. The number of Topliss-reactive ketones (excluding diaryl/α,β-unsaturated/α-hetero) is 1. The minimum absolute atomic E-state index is 0.0185. The molecule has 1 unspecified atom stereocenters. The SMILES string of the molecule is C=CCC1=C([O-])CC(c2ccccc2)CC1=O. The lowest BCUT2D eigenvalue weighted by atomic mass is 9.82. The Morgan fingerprint density at radius 1 is 1.29 bits per heavy atom. The highest BCUT2D eigenvalue weighted by Crippen LogP contribution is 2.33. The van der Waals surface area contributed by atoms with E-state index in [1.807, 2.05) is 30.3 Å². The standard InChI is InChI=1S/C15H16O2/c1-2-6-13-14(16)9-12(10-15(13)17)11-7-4-3-5-8-11/h2-5,7-8,12,16H,1,6,9-10H2/p-1. The third-order valence-corrected chi connectivity index (χ3v) is 3.16. The first kappa shape index (κ1) is 11.6. The van der Waals surface area contributed by atoms with Crippen LogP contribution in [0.4, 0.5) is 0 Å². The highest BCUT2D eigenvalue weighted by molar-refractivity contribution is 5.97. The molecule has 0 radical (unpaired) electrons. The minimum atomic E-state index is -0.0185. The normalized spacial score (nSPS) is 20.5. The van der Waals surface area contributed by atoms with Crippen LogP contribution in [0.5, 0.6) is 0 Å². The van der Waals surface area contributed by atoms with Gasteiger partial charge in [0.25, 0.3) is 0 Å². The Labute approximate surface area is 101 Å². The van der Waals surface area contributed by atoms with Crippen LogP contribution in [0.15, 0.2) is 54.3 Å². The van der Waals surface area contributed by atoms with Gasteiger partial charge in [-0.15, -0.1) is 12.3 Å². The Hall–Kier alpha value is -1.83. The molecule has 0 N–H and O–H groups in total. The van der Waals surface area contributed by atoms with Crippen molar-refractivity contribution in [1.29, 1.82) is 0 Å². The summed E-state index contributed by atoms with van der Waals surface area (Å²) in [7, 11) is 0. The van der Waals surface area contributed by atoms with Gasteiger partial charge < -0.3 is 5.11 Å². The first-order valence-electron chi connectivity index (χ1n) is 5.80. The van der Waals surface area contributed by atoms with Crippen molar-refractivity contribution in [3.63, 3.8) is 0 Å². The molecule has 0 saturated carbocycles. The van der Waals surface area contributed by atoms with Crippen LogP contribution in [-0.2, 0) is 4.79 Å². The van der Waals surface area contributed by atoms with Gasteiger partial charge in [0, 0.05) is 6.42 Å². The molecule has 2 nitrogen and oxygen atoms in total. The lowest BCUT2D eigenvalue weighted by molar-refractivity contribution is -0.309. The maximum Gasteiger partial charge on any atom is 0.158 e. The molecule has 1 aromatic rings. The minimum Gasteiger partial charge on any atom is -0.875 e. The van der Waals surface area contributed by atoms with E-state index in [9.17, 15) is 9.90 Å². The quantitative estimate of drug-likeness (QED) is 0.743. The molecule has 0 spiro atoms. The highest BCUT2D eigenvalue weighted by Gasteiger charge is 2.23. The molecule has 2 heteroatoms. The van der Waals surface area contributed by atoms with Gasteiger partial charge in [0.2, 0.25) is 0 Å². The van der Waals surface area contributed by atoms with Crippen molar-refractivity contribution in [2.45, 2.75) is 25.2 Å². The van der Waals surface area contributed by atoms with Crippen molar-refractivity contribution in [3.05, 3.63) is 59.9 Å². The van der Waals surface area contributed by atoms with Crippen molar-refractivity contribution >= 4 is 5.78 Å². The van der Waals surface area contributed by atoms with Crippen LogP contribution in [-0.4, -0.2) is 5.78 Å². The van der Waals surface area contributed by atoms with Crippen LogP contribution in [0.1, 0.15) is 30.7 Å². The Bertz CT molecular complexity index is 457. The summed E-state index contributed by atoms with van der Waals surface area (Å²) in [5.41, 5.74) is 1.50.